The van der Waals surface area contributed by atoms with E-state index in [0.29, 0.717) is 0 Å². The van der Waals surface area contributed by atoms with Gasteiger partial charge in [-0.05, 0) is 17.5 Å². The minimum absolute atomic E-state index is 0.0209. The van der Waals surface area contributed by atoms with Gasteiger partial charge in [0.15, 0.2) is 0 Å². The second-order valence-corrected chi connectivity index (χ2v) is 3.87. The molecule has 5 heteroatoms. The number of nitrogens with zero attached hydrogens (tertiary/aromatic N) is 3. The van der Waals surface area contributed by atoms with E-state index in [1.165, 1.54) is 10.9 Å². The Bertz CT molecular complexity index is 492. The number of phenolic OH excluding ortho intramolecular Hbond substituents is 2. The first-order valence-electron chi connectivity index (χ1n) is 5.02. The average Bonchev–Trinajstić information content (AvgIpc) is 2.70. The van der Waals surface area contributed by atoms with Gasteiger partial charge in [0.2, 0.25) is 0 Å². The van der Waals surface area contributed by atoms with Gasteiger partial charge in [-0.1, -0.05) is 25.1 Å². The lowest BCUT2D eigenvalue weighted by Crippen LogP contribution is -1.99. The number of benzene rings is 1. The number of phenols is 2. The van der Waals surface area contributed by atoms with E-state index in [9.17, 15) is 10.2 Å². The zero-order valence-corrected chi connectivity index (χ0v) is 9.12. The van der Waals surface area contributed by atoms with Crippen molar-refractivity contribution in [2.24, 2.45) is 0 Å². The van der Waals surface area contributed by atoms with Crippen molar-refractivity contribution in [2.45, 2.75) is 19.8 Å². The normalized spacial score (nSPS) is 10.9. The lowest BCUT2D eigenvalue weighted by atomic mass is 10.0. The molecular weight excluding hydrogens is 206 g/mol. The molecule has 1 heterocycles. The summed E-state index contributed by atoms with van der Waals surface area (Å²) in [6, 6.07) is 3.25. The molecule has 0 aliphatic carbocycles. The van der Waals surface area contributed by atoms with Crippen LogP contribution in [0.3, 0.4) is 0 Å². The first-order chi connectivity index (χ1) is 7.61. The van der Waals surface area contributed by atoms with E-state index >= 15 is 0 Å². The van der Waals surface area contributed by atoms with Crippen LogP contribution in [0.15, 0.2) is 24.5 Å². The molecule has 0 spiro atoms. The lowest BCUT2D eigenvalue weighted by Gasteiger charge is -2.13. The third-order valence-electron chi connectivity index (χ3n) is 2.43. The molecule has 2 N–H and O–H groups in total. The van der Waals surface area contributed by atoms with Gasteiger partial charge in [0, 0.05) is 0 Å². The van der Waals surface area contributed by atoms with Crippen LogP contribution in [0.4, 0.5) is 0 Å². The number of hydrogen-bond acceptors (Lipinski definition) is 4. The van der Waals surface area contributed by atoms with Crippen LogP contribution in [0.2, 0.25) is 0 Å². The fourth-order valence-electron chi connectivity index (χ4n) is 1.60. The van der Waals surface area contributed by atoms with Crippen LogP contribution in [0.5, 0.6) is 11.5 Å². The number of hydrogen-bond donors (Lipinski definition) is 2. The first-order valence-corrected chi connectivity index (χ1v) is 5.02. The van der Waals surface area contributed by atoms with E-state index < -0.39 is 0 Å². The maximum atomic E-state index is 10.1. The van der Waals surface area contributed by atoms with Crippen molar-refractivity contribution < 1.29 is 10.2 Å². The second kappa shape index (κ2) is 3.84. The summed E-state index contributed by atoms with van der Waals surface area (Å²) in [5.74, 6) is 0.191. The highest BCUT2D eigenvalue weighted by Crippen LogP contribution is 2.36. The molecule has 0 atom stereocenters. The van der Waals surface area contributed by atoms with Crippen LogP contribution >= 0.6 is 0 Å². The SMILES string of the molecule is CC(C)c1ccc(O)c(-n2ccnn2)c1O. The number of rotatable bonds is 2. The van der Waals surface area contributed by atoms with Gasteiger partial charge in [0.05, 0.1) is 12.4 Å². The van der Waals surface area contributed by atoms with E-state index in [1.54, 1.807) is 18.3 Å². The van der Waals surface area contributed by atoms with Gasteiger partial charge in [0.1, 0.15) is 17.2 Å². The smallest absolute Gasteiger partial charge is 0.150 e. The first kappa shape index (κ1) is 10.5. The highest BCUT2D eigenvalue weighted by molar-refractivity contribution is 5.59. The van der Waals surface area contributed by atoms with Crippen molar-refractivity contribution in [3.05, 3.63) is 30.1 Å². The molecule has 1 aromatic heterocycles. The minimum Gasteiger partial charge on any atom is -0.506 e. The summed E-state index contributed by atoms with van der Waals surface area (Å²) >= 11 is 0. The van der Waals surface area contributed by atoms with Crippen LogP contribution in [-0.2, 0) is 0 Å². The van der Waals surface area contributed by atoms with Gasteiger partial charge in [-0.3, -0.25) is 0 Å². The quantitative estimate of drug-likeness (QED) is 0.807. The fraction of sp³-hybridized carbons (Fsp3) is 0.273. The maximum Gasteiger partial charge on any atom is 0.150 e. The summed E-state index contributed by atoms with van der Waals surface area (Å²) < 4.78 is 1.34. The van der Waals surface area contributed by atoms with Crippen molar-refractivity contribution in [3.63, 3.8) is 0 Å². The van der Waals surface area contributed by atoms with Gasteiger partial charge < -0.3 is 10.2 Å². The molecule has 0 unspecified atom stereocenters. The Morgan fingerprint density at radius 2 is 2.00 bits per heavy atom. The van der Waals surface area contributed by atoms with E-state index in [2.05, 4.69) is 10.3 Å². The summed E-state index contributed by atoms with van der Waals surface area (Å²) in [6.07, 6.45) is 3.06. The lowest BCUT2D eigenvalue weighted by molar-refractivity contribution is 0.435. The third kappa shape index (κ3) is 1.60. The number of aromatic hydroxyl groups is 2. The Morgan fingerprint density at radius 1 is 1.25 bits per heavy atom. The third-order valence-corrected chi connectivity index (χ3v) is 2.43. The molecule has 2 aromatic rings. The van der Waals surface area contributed by atoms with Crippen molar-refractivity contribution in [1.82, 2.24) is 15.0 Å². The van der Waals surface area contributed by atoms with E-state index in [-0.39, 0.29) is 23.1 Å². The molecular formula is C11H13N3O2. The number of aromatic nitrogens is 3. The molecule has 0 aliphatic heterocycles. The van der Waals surface area contributed by atoms with Crippen LogP contribution in [0.1, 0.15) is 25.3 Å². The maximum absolute atomic E-state index is 10.1. The molecule has 16 heavy (non-hydrogen) atoms. The summed E-state index contributed by atoms with van der Waals surface area (Å²) in [4.78, 5) is 0. The molecule has 0 saturated heterocycles. The summed E-state index contributed by atoms with van der Waals surface area (Å²) in [6.45, 7) is 3.94. The Hall–Kier alpha value is -2.04. The Kier molecular flexibility index (Phi) is 2.52. The molecule has 0 aliphatic rings. The van der Waals surface area contributed by atoms with Gasteiger partial charge in [0.25, 0.3) is 0 Å². The second-order valence-electron chi connectivity index (χ2n) is 3.87. The topological polar surface area (TPSA) is 71.2 Å². The summed E-state index contributed by atoms with van der Waals surface area (Å²) in [5, 5.41) is 27.2. The summed E-state index contributed by atoms with van der Waals surface area (Å²) in [5.41, 5.74) is 1.03. The average molecular weight is 219 g/mol. The molecule has 0 bridgehead atoms. The van der Waals surface area contributed by atoms with Crippen LogP contribution in [0.25, 0.3) is 5.69 Å². The zero-order chi connectivity index (χ0) is 11.7. The molecule has 1 aromatic carbocycles. The highest BCUT2D eigenvalue weighted by atomic mass is 16.3. The van der Waals surface area contributed by atoms with Crippen molar-refractivity contribution in [3.8, 4) is 17.2 Å². The molecule has 0 fully saturated rings. The highest BCUT2D eigenvalue weighted by Gasteiger charge is 2.16. The fourth-order valence-corrected chi connectivity index (χ4v) is 1.60. The van der Waals surface area contributed by atoms with Crippen molar-refractivity contribution in [2.75, 3.05) is 0 Å². The Balaban J connectivity index is 2.64. The predicted molar refractivity (Wildman–Crippen MR) is 58.8 cm³/mol. The van der Waals surface area contributed by atoms with Crippen LogP contribution < -0.4 is 0 Å². The van der Waals surface area contributed by atoms with Gasteiger partial charge in [-0.2, -0.15) is 0 Å². The molecule has 84 valence electrons. The van der Waals surface area contributed by atoms with Crippen molar-refractivity contribution in [1.29, 1.82) is 0 Å². The largest absolute Gasteiger partial charge is 0.506 e. The van der Waals surface area contributed by atoms with Crippen LogP contribution in [0, 0.1) is 0 Å². The molecule has 0 saturated carbocycles. The Morgan fingerprint density at radius 3 is 2.56 bits per heavy atom. The molecule has 0 amide bonds. The minimum atomic E-state index is -0.0209. The molecule has 0 radical (unpaired) electrons. The standard InChI is InChI=1S/C11H13N3O2/c1-7(2)8-3-4-9(15)10(11(8)16)14-6-5-12-13-14/h3-7,15-16H,1-2H3. The van der Waals surface area contributed by atoms with Gasteiger partial charge in [-0.25, -0.2) is 4.68 Å². The van der Waals surface area contributed by atoms with E-state index in [1.807, 2.05) is 13.8 Å². The summed E-state index contributed by atoms with van der Waals surface area (Å²) in [7, 11) is 0. The zero-order valence-electron chi connectivity index (χ0n) is 9.12. The Labute approximate surface area is 93.0 Å². The van der Waals surface area contributed by atoms with Gasteiger partial charge >= 0.3 is 0 Å². The monoisotopic (exact) mass is 219 g/mol. The van der Waals surface area contributed by atoms with E-state index in [0.717, 1.165) is 5.56 Å². The predicted octanol–water partition coefficient (Wildman–Crippen LogP) is 1.80. The van der Waals surface area contributed by atoms with E-state index in [4.69, 9.17) is 0 Å². The van der Waals surface area contributed by atoms with Crippen molar-refractivity contribution >= 4 is 0 Å². The molecule has 2 rings (SSSR count). The molecule has 5 nitrogen and oxygen atoms in total. The van der Waals surface area contributed by atoms with Crippen LogP contribution in [-0.4, -0.2) is 25.2 Å². The van der Waals surface area contributed by atoms with Gasteiger partial charge in [-0.15, -0.1) is 5.10 Å².